The van der Waals surface area contributed by atoms with Crippen molar-refractivity contribution < 1.29 is 9.53 Å². The number of nitrogens with one attached hydrogen (secondary N) is 1. The normalized spacial score (nSPS) is 10.7. The lowest BCUT2D eigenvalue weighted by atomic mass is 10.1. The molecule has 4 aromatic rings. The summed E-state index contributed by atoms with van der Waals surface area (Å²) in [6.45, 7) is 2.57. The van der Waals surface area contributed by atoms with E-state index in [4.69, 9.17) is 4.74 Å². The van der Waals surface area contributed by atoms with Crippen LogP contribution >= 0.6 is 0 Å². The average Bonchev–Trinajstić information content (AvgIpc) is 2.81. The molecule has 0 aliphatic heterocycles. The minimum absolute atomic E-state index is 0.118. The summed E-state index contributed by atoms with van der Waals surface area (Å²) in [6.07, 6.45) is 0. The van der Waals surface area contributed by atoms with Crippen LogP contribution in [0.3, 0.4) is 0 Å². The van der Waals surface area contributed by atoms with Crippen molar-refractivity contribution in [2.75, 3.05) is 0 Å². The van der Waals surface area contributed by atoms with Crippen LogP contribution in [0.4, 0.5) is 0 Å². The second kappa shape index (κ2) is 9.26. The summed E-state index contributed by atoms with van der Waals surface area (Å²) in [5.74, 6) is 0.562. The molecule has 4 rings (SSSR count). The molecule has 0 atom stereocenters. The third-order valence-electron chi connectivity index (χ3n) is 5.01. The number of carbonyl (C=O) groups excluding carboxylic acids is 1. The van der Waals surface area contributed by atoms with Gasteiger partial charge in [-0.2, -0.15) is 5.10 Å². The van der Waals surface area contributed by atoms with E-state index in [0.29, 0.717) is 18.5 Å². The molecule has 0 aliphatic carbocycles. The number of amides is 1. The standard InChI is InChI=1S/C25H23N3O3/c1-18-22-9-5-6-10-23(22)25(30)28(27-18)16-24(29)26-15-19-11-13-20(14-12-19)17-31-21-7-3-2-4-8-21/h2-14H,15-17H2,1H3,(H,26,29). The van der Waals surface area contributed by atoms with Crippen molar-refractivity contribution >= 4 is 16.7 Å². The third kappa shape index (κ3) is 4.98. The summed E-state index contributed by atoms with van der Waals surface area (Å²) in [5.41, 5.74) is 2.46. The smallest absolute Gasteiger partial charge is 0.275 e. The molecule has 0 unspecified atom stereocenters. The van der Waals surface area contributed by atoms with Crippen molar-refractivity contribution in [1.29, 1.82) is 0 Å². The van der Waals surface area contributed by atoms with Crippen LogP contribution in [-0.4, -0.2) is 15.7 Å². The van der Waals surface area contributed by atoms with Crippen molar-refractivity contribution in [3.8, 4) is 5.75 Å². The molecule has 1 amide bonds. The first-order valence-corrected chi connectivity index (χ1v) is 10.1. The first-order valence-electron chi connectivity index (χ1n) is 10.1. The highest BCUT2D eigenvalue weighted by Gasteiger charge is 2.10. The zero-order valence-corrected chi connectivity index (χ0v) is 17.2. The summed E-state index contributed by atoms with van der Waals surface area (Å²) >= 11 is 0. The minimum Gasteiger partial charge on any atom is -0.489 e. The van der Waals surface area contributed by atoms with E-state index in [2.05, 4.69) is 10.4 Å². The Morgan fingerprint density at radius 2 is 1.55 bits per heavy atom. The molecule has 1 N–H and O–H groups in total. The predicted octanol–water partition coefficient (Wildman–Crippen LogP) is 3.60. The largest absolute Gasteiger partial charge is 0.489 e. The molecule has 1 heterocycles. The highest BCUT2D eigenvalue weighted by atomic mass is 16.5. The van der Waals surface area contributed by atoms with Gasteiger partial charge in [-0.1, -0.05) is 60.7 Å². The number of nitrogens with zero attached hydrogens (tertiary/aromatic N) is 2. The average molecular weight is 413 g/mol. The molecule has 0 saturated heterocycles. The Kier molecular flexibility index (Phi) is 6.08. The Balaban J connectivity index is 1.33. The molecule has 0 aliphatic rings. The lowest BCUT2D eigenvalue weighted by molar-refractivity contribution is -0.122. The number of fused-ring (bicyclic) bond motifs is 1. The van der Waals surface area contributed by atoms with Crippen LogP contribution in [0.5, 0.6) is 5.75 Å². The maximum Gasteiger partial charge on any atom is 0.275 e. The van der Waals surface area contributed by atoms with Gasteiger partial charge in [-0.05, 0) is 36.2 Å². The first-order chi connectivity index (χ1) is 15.1. The molecule has 0 spiro atoms. The number of aromatic nitrogens is 2. The van der Waals surface area contributed by atoms with E-state index in [1.165, 1.54) is 4.68 Å². The van der Waals surface area contributed by atoms with Crippen LogP contribution in [0.1, 0.15) is 16.8 Å². The number of ether oxygens (including phenoxy) is 1. The highest BCUT2D eigenvalue weighted by molar-refractivity contribution is 5.83. The number of hydrogen-bond donors (Lipinski definition) is 1. The van der Waals surface area contributed by atoms with Gasteiger partial charge in [0.15, 0.2) is 0 Å². The zero-order chi connectivity index (χ0) is 21.6. The molecule has 6 nitrogen and oxygen atoms in total. The lowest BCUT2D eigenvalue weighted by Crippen LogP contribution is -2.33. The maximum absolute atomic E-state index is 12.6. The van der Waals surface area contributed by atoms with Gasteiger partial charge in [0.05, 0.1) is 11.1 Å². The first kappa shape index (κ1) is 20.3. The molecule has 0 radical (unpaired) electrons. The van der Waals surface area contributed by atoms with Gasteiger partial charge in [0, 0.05) is 11.9 Å². The van der Waals surface area contributed by atoms with Crippen molar-refractivity contribution in [3.63, 3.8) is 0 Å². The fraction of sp³-hybridized carbons (Fsp3) is 0.160. The van der Waals surface area contributed by atoms with E-state index >= 15 is 0 Å². The van der Waals surface area contributed by atoms with Gasteiger partial charge in [0.1, 0.15) is 18.9 Å². The zero-order valence-electron chi connectivity index (χ0n) is 17.2. The fourth-order valence-corrected chi connectivity index (χ4v) is 3.34. The third-order valence-corrected chi connectivity index (χ3v) is 5.01. The van der Waals surface area contributed by atoms with E-state index in [1.807, 2.05) is 79.7 Å². The second-order valence-corrected chi connectivity index (χ2v) is 7.29. The molecule has 0 fully saturated rings. The second-order valence-electron chi connectivity index (χ2n) is 7.29. The van der Waals surface area contributed by atoms with Crippen LogP contribution in [0, 0.1) is 6.92 Å². The molecule has 1 aromatic heterocycles. The van der Waals surface area contributed by atoms with E-state index in [9.17, 15) is 9.59 Å². The molecule has 0 bridgehead atoms. The Morgan fingerprint density at radius 1 is 0.903 bits per heavy atom. The number of hydrogen-bond acceptors (Lipinski definition) is 4. The van der Waals surface area contributed by atoms with Gasteiger partial charge >= 0.3 is 0 Å². The molecular formula is C25H23N3O3. The van der Waals surface area contributed by atoms with Crippen molar-refractivity contribution in [2.45, 2.75) is 26.6 Å². The summed E-state index contributed by atoms with van der Waals surface area (Å²) in [5, 5.41) is 8.50. The fourth-order valence-electron chi connectivity index (χ4n) is 3.34. The van der Waals surface area contributed by atoms with Crippen LogP contribution in [-0.2, 0) is 24.5 Å². The number of carbonyl (C=O) groups is 1. The molecular weight excluding hydrogens is 390 g/mol. The van der Waals surface area contributed by atoms with Gasteiger partial charge in [-0.25, -0.2) is 4.68 Å². The Hall–Kier alpha value is -3.93. The Bertz CT molecular complexity index is 1250. The number of benzene rings is 3. The molecule has 0 saturated carbocycles. The quantitative estimate of drug-likeness (QED) is 0.502. The lowest BCUT2D eigenvalue weighted by Gasteiger charge is -2.10. The van der Waals surface area contributed by atoms with Gasteiger partial charge in [-0.3, -0.25) is 9.59 Å². The molecule has 31 heavy (non-hydrogen) atoms. The van der Waals surface area contributed by atoms with Gasteiger partial charge in [0.25, 0.3) is 5.56 Å². The van der Waals surface area contributed by atoms with Crippen molar-refractivity contribution in [2.24, 2.45) is 0 Å². The Morgan fingerprint density at radius 3 is 2.29 bits per heavy atom. The van der Waals surface area contributed by atoms with Crippen molar-refractivity contribution in [1.82, 2.24) is 15.1 Å². The van der Waals surface area contributed by atoms with E-state index in [0.717, 1.165) is 28.0 Å². The van der Waals surface area contributed by atoms with Gasteiger partial charge in [-0.15, -0.1) is 0 Å². The van der Waals surface area contributed by atoms with E-state index < -0.39 is 0 Å². The van der Waals surface area contributed by atoms with Crippen LogP contribution in [0.15, 0.2) is 83.7 Å². The topological polar surface area (TPSA) is 73.2 Å². The SMILES string of the molecule is Cc1nn(CC(=O)NCc2ccc(COc3ccccc3)cc2)c(=O)c2ccccc12. The summed E-state index contributed by atoms with van der Waals surface area (Å²) in [7, 11) is 0. The van der Waals surface area contributed by atoms with E-state index in [-0.39, 0.29) is 18.0 Å². The summed E-state index contributed by atoms with van der Waals surface area (Å²) < 4.78 is 6.96. The molecule has 3 aromatic carbocycles. The maximum atomic E-state index is 12.6. The summed E-state index contributed by atoms with van der Waals surface area (Å²) in [6, 6.07) is 24.8. The number of para-hydroxylation sites is 1. The number of aryl methyl sites for hydroxylation is 1. The predicted molar refractivity (Wildman–Crippen MR) is 120 cm³/mol. The number of rotatable bonds is 7. The molecule has 6 heteroatoms. The van der Waals surface area contributed by atoms with Crippen LogP contribution in [0.25, 0.3) is 10.8 Å². The van der Waals surface area contributed by atoms with Gasteiger partial charge < -0.3 is 10.1 Å². The molecule has 156 valence electrons. The Labute approximate surface area is 180 Å². The monoisotopic (exact) mass is 413 g/mol. The minimum atomic E-state index is -0.265. The van der Waals surface area contributed by atoms with Gasteiger partial charge in [0.2, 0.25) is 5.91 Å². The van der Waals surface area contributed by atoms with Crippen LogP contribution in [0.2, 0.25) is 0 Å². The van der Waals surface area contributed by atoms with Crippen LogP contribution < -0.4 is 15.6 Å². The van der Waals surface area contributed by atoms with E-state index in [1.54, 1.807) is 6.07 Å². The van der Waals surface area contributed by atoms with Crippen molar-refractivity contribution in [3.05, 3.63) is 106 Å². The summed E-state index contributed by atoms with van der Waals surface area (Å²) in [4.78, 5) is 25.0. The highest BCUT2D eigenvalue weighted by Crippen LogP contribution is 2.13.